The van der Waals surface area contributed by atoms with Crippen molar-refractivity contribution >= 4 is 45.9 Å². The maximum atomic E-state index is 13.9. The first-order chi connectivity index (χ1) is 28.2. The molecule has 2 saturated heterocycles. The van der Waals surface area contributed by atoms with E-state index in [1.165, 1.54) is 61.5 Å². The van der Waals surface area contributed by atoms with Crippen LogP contribution in [0.25, 0.3) is 0 Å². The molecule has 330 valence electrons. The van der Waals surface area contributed by atoms with Crippen molar-refractivity contribution in [1.82, 2.24) is 0 Å². The van der Waals surface area contributed by atoms with Crippen LogP contribution < -0.4 is 0 Å². The van der Waals surface area contributed by atoms with Gasteiger partial charge in [-0.2, -0.15) is 21.6 Å². The number of halogens is 3. The Bertz CT molecular complexity index is 1930. The zero-order valence-electron chi connectivity index (χ0n) is 32.5. The lowest BCUT2D eigenvalue weighted by atomic mass is 9.96. The Morgan fingerprint density at radius 2 is 1.05 bits per heavy atom. The standard InChI is InChI=1S/C37H41F3O19S/c1-6-49-35-32(59-60(47,48)37(38,39)40)30(57-34(46)24-15-11-8-12-16-24)28(26(55-35)18-51-33(45)23-13-9-7-10-14-23)58-36-31(54-22(5)44)29(53-21(4)43)27(52-20(3)42)25(56-36)17-50-19(2)41/h7-16,25-32,35-36H,6,17-18H2,1-5H3. The van der Waals surface area contributed by atoms with Crippen molar-refractivity contribution < 1.29 is 102 Å². The topological polar surface area (TPSA) is 238 Å². The van der Waals surface area contributed by atoms with Crippen LogP contribution in [0.2, 0.25) is 0 Å². The van der Waals surface area contributed by atoms with Gasteiger partial charge in [0.15, 0.2) is 43.1 Å². The summed E-state index contributed by atoms with van der Waals surface area (Å²) in [7, 11) is -6.56. The highest BCUT2D eigenvalue weighted by atomic mass is 32.2. The number of esters is 6. The van der Waals surface area contributed by atoms with Crippen LogP contribution in [0.15, 0.2) is 60.7 Å². The molecule has 19 nitrogen and oxygen atoms in total. The van der Waals surface area contributed by atoms with E-state index in [-0.39, 0.29) is 17.7 Å². The fourth-order valence-electron chi connectivity index (χ4n) is 5.95. The second-order valence-electron chi connectivity index (χ2n) is 12.8. The van der Waals surface area contributed by atoms with Crippen LogP contribution in [0.5, 0.6) is 0 Å². The summed E-state index contributed by atoms with van der Waals surface area (Å²) in [6, 6.07) is 14.2. The van der Waals surface area contributed by atoms with Gasteiger partial charge >= 0.3 is 51.4 Å². The Hall–Kier alpha value is -5.20. The van der Waals surface area contributed by atoms with Crippen molar-refractivity contribution in [2.24, 2.45) is 0 Å². The molecule has 2 aromatic carbocycles. The molecule has 0 saturated carbocycles. The molecule has 2 aromatic rings. The van der Waals surface area contributed by atoms with E-state index in [4.69, 9.17) is 47.4 Å². The van der Waals surface area contributed by atoms with Gasteiger partial charge in [-0.15, -0.1) is 0 Å². The number of ether oxygens (including phenoxy) is 10. The third-order valence-electron chi connectivity index (χ3n) is 8.32. The third kappa shape index (κ3) is 12.7. The average Bonchev–Trinajstić information content (AvgIpc) is 3.17. The summed E-state index contributed by atoms with van der Waals surface area (Å²) in [5.41, 5.74) is -6.22. The molecule has 10 atom stereocenters. The largest absolute Gasteiger partial charge is 0.523 e. The summed E-state index contributed by atoms with van der Waals surface area (Å²) in [4.78, 5) is 76.0. The van der Waals surface area contributed by atoms with Gasteiger partial charge in [0.2, 0.25) is 0 Å². The molecule has 0 radical (unpaired) electrons. The van der Waals surface area contributed by atoms with Gasteiger partial charge in [-0.25, -0.2) is 9.59 Å². The number of alkyl halides is 3. The molecule has 60 heavy (non-hydrogen) atoms. The second kappa shape index (κ2) is 20.9. The first-order valence-electron chi connectivity index (χ1n) is 17.9. The summed E-state index contributed by atoms with van der Waals surface area (Å²) < 4.78 is 128. The van der Waals surface area contributed by atoms with Gasteiger partial charge in [0.1, 0.15) is 31.5 Å². The van der Waals surface area contributed by atoms with Crippen LogP contribution in [0, 0.1) is 0 Å². The highest BCUT2D eigenvalue weighted by Crippen LogP contribution is 2.38. The molecule has 23 heteroatoms. The second-order valence-corrected chi connectivity index (χ2v) is 14.4. The summed E-state index contributed by atoms with van der Waals surface area (Å²) in [6.07, 6.45) is -20.2. The van der Waals surface area contributed by atoms with Gasteiger partial charge in [-0.05, 0) is 31.2 Å². The smallest absolute Gasteiger partial charge is 0.463 e. The van der Waals surface area contributed by atoms with E-state index in [1.54, 1.807) is 6.07 Å². The van der Waals surface area contributed by atoms with E-state index in [2.05, 4.69) is 4.18 Å². The van der Waals surface area contributed by atoms with Gasteiger partial charge in [-0.3, -0.25) is 23.4 Å². The number of rotatable bonds is 16. The molecule has 0 aromatic heterocycles. The highest BCUT2D eigenvalue weighted by Gasteiger charge is 2.60. The molecule has 0 N–H and O–H groups in total. The van der Waals surface area contributed by atoms with Crippen molar-refractivity contribution in [2.75, 3.05) is 19.8 Å². The Morgan fingerprint density at radius 1 is 0.583 bits per heavy atom. The molecule has 2 aliphatic rings. The van der Waals surface area contributed by atoms with E-state index in [9.17, 15) is 50.4 Å². The summed E-state index contributed by atoms with van der Waals surface area (Å²) in [5.74, 6) is -6.20. The highest BCUT2D eigenvalue weighted by molar-refractivity contribution is 7.87. The van der Waals surface area contributed by atoms with Crippen LogP contribution in [-0.2, 0) is 80.8 Å². The van der Waals surface area contributed by atoms with Crippen molar-refractivity contribution in [1.29, 1.82) is 0 Å². The predicted molar refractivity (Wildman–Crippen MR) is 189 cm³/mol. The SMILES string of the molecule is CCOC1OC(COC(=O)c2ccccc2)C(OC2OC(COC(C)=O)C(OC(C)=O)C(OC(C)=O)C2OC(C)=O)C(OC(=O)c2ccccc2)C1OS(=O)(=O)C(F)(F)F. The van der Waals surface area contributed by atoms with Crippen LogP contribution in [0.4, 0.5) is 13.2 Å². The third-order valence-corrected chi connectivity index (χ3v) is 9.37. The zero-order valence-corrected chi connectivity index (χ0v) is 33.3. The molecular weight excluding hydrogens is 837 g/mol. The fraction of sp³-hybridized carbons (Fsp3) is 0.514. The Labute approximate surface area is 340 Å². The first kappa shape index (κ1) is 47.5. The first-order valence-corrected chi connectivity index (χ1v) is 19.3. The van der Waals surface area contributed by atoms with Gasteiger partial charge in [0.05, 0.1) is 11.1 Å². The molecule has 0 bridgehead atoms. The van der Waals surface area contributed by atoms with Crippen LogP contribution in [0.3, 0.4) is 0 Å². The molecule has 2 aliphatic heterocycles. The maximum absolute atomic E-state index is 13.9. The Balaban J connectivity index is 1.92. The maximum Gasteiger partial charge on any atom is 0.523 e. The zero-order chi connectivity index (χ0) is 44.4. The van der Waals surface area contributed by atoms with Gasteiger partial charge in [0, 0.05) is 34.3 Å². The van der Waals surface area contributed by atoms with Crippen molar-refractivity contribution in [3.05, 3.63) is 71.8 Å². The van der Waals surface area contributed by atoms with E-state index in [0.717, 1.165) is 27.7 Å². The van der Waals surface area contributed by atoms with E-state index in [0.29, 0.717) is 0 Å². The lowest BCUT2D eigenvalue weighted by Crippen LogP contribution is -2.67. The molecule has 0 amide bonds. The number of carbonyl (C=O) groups excluding carboxylic acids is 6. The predicted octanol–water partition coefficient (Wildman–Crippen LogP) is 2.53. The van der Waals surface area contributed by atoms with Gasteiger partial charge in [-0.1, -0.05) is 36.4 Å². The molecular formula is C37H41F3O19S. The van der Waals surface area contributed by atoms with Crippen molar-refractivity contribution in [2.45, 2.75) is 102 Å². The number of hydrogen-bond acceptors (Lipinski definition) is 19. The lowest BCUT2D eigenvalue weighted by molar-refractivity contribution is -0.357. The number of carbonyl (C=O) groups is 6. The Kier molecular flexibility index (Phi) is 16.5. The Morgan fingerprint density at radius 3 is 1.57 bits per heavy atom. The van der Waals surface area contributed by atoms with E-state index >= 15 is 0 Å². The van der Waals surface area contributed by atoms with Crippen molar-refractivity contribution in [3.8, 4) is 0 Å². The molecule has 0 spiro atoms. The van der Waals surface area contributed by atoms with E-state index in [1.807, 2.05) is 0 Å². The van der Waals surface area contributed by atoms with E-state index < -0.39 is 126 Å². The lowest BCUT2D eigenvalue weighted by Gasteiger charge is -2.48. The fourth-order valence-corrected chi connectivity index (χ4v) is 6.55. The monoisotopic (exact) mass is 878 g/mol. The quantitative estimate of drug-likeness (QED) is 0.102. The normalized spacial score (nSPS) is 26.8. The van der Waals surface area contributed by atoms with Crippen LogP contribution in [-0.4, -0.2) is 131 Å². The van der Waals surface area contributed by atoms with Crippen LogP contribution >= 0.6 is 0 Å². The minimum Gasteiger partial charge on any atom is -0.463 e. The van der Waals surface area contributed by atoms with Gasteiger partial charge < -0.3 is 47.4 Å². The average molecular weight is 879 g/mol. The van der Waals surface area contributed by atoms with Crippen molar-refractivity contribution in [3.63, 3.8) is 0 Å². The summed E-state index contributed by atoms with van der Waals surface area (Å²) in [5, 5.41) is 0. The molecule has 4 rings (SSSR count). The number of hydrogen-bond donors (Lipinski definition) is 0. The van der Waals surface area contributed by atoms with Gasteiger partial charge in [0.25, 0.3) is 0 Å². The number of benzene rings is 2. The molecule has 2 fully saturated rings. The summed E-state index contributed by atoms with van der Waals surface area (Å²) in [6.45, 7) is 3.19. The minimum atomic E-state index is -6.56. The molecule has 10 unspecified atom stereocenters. The molecule has 2 heterocycles. The molecule has 0 aliphatic carbocycles. The summed E-state index contributed by atoms with van der Waals surface area (Å²) >= 11 is 0. The van der Waals surface area contributed by atoms with Crippen LogP contribution in [0.1, 0.15) is 55.3 Å². The minimum absolute atomic E-state index is 0.0243.